The summed E-state index contributed by atoms with van der Waals surface area (Å²) in [6.07, 6.45) is 0.0961. The number of benzene rings is 2. The highest BCUT2D eigenvalue weighted by molar-refractivity contribution is 5.84. The Morgan fingerprint density at radius 1 is 1.00 bits per heavy atom. The third-order valence-corrected chi connectivity index (χ3v) is 5.18. The van der Waals surface area contributed by atoms with Gasteiger partial charge in [-0.05, 0) is 23.3 Å². The molecule has 0 radical (unpaired) electrons. The molecule has 0 amide bonds. The number of aromatic hydroxyl groups is 1. The zero-order chi connectivity index (χ0) is 21.6. The van der Waals surface area contributed by atoms with Crippen LogP contribution in [0.5, 0.6) is 5.75 Å². The van der Waals surface area contributed by atoms with Crippen molar-refractivity contribution in [3.8, 4) is 16.9 Å². The van der Waals surface area contributed by atoms with E-state index in [1.807, 2.05) is 0 Å². The minimum Gasteiger partial charge on any atom is -0.507 e. The van der Waals surface area contributed by atoms with E-state index in [0.29, 0.717) is 22.1 Å². The second-order valence-corrected chi connectivity index (χ2v) is 7.06. The number of nitrogen functional groups attached to an aromatic ring is 1. The Kier molecular flexibility index (Phi) is 4.54. The molecule has 0 saturated carbocycles. The molecule has 0 saturated heterocycles. The van der Waals surface area contributed by atoms with Crippen LogP contribution in [0.4, 0.5) is 5.82 Å². The van der Waals surface area contributed by atoms with E-state index in [1.54, 1.807) is 48.5 Å². The Hall–Kier alpha value is -4.07. The third-order valence-electron chi connectivity index (χ3n) is 5.18. The van der Waals surface area contributed by atoms with Gasteiger partial charge in [0, 0.05) is 20.5 Å². The number of nitrogens with zero attached hydrogens (tertiary/aromatic N) is 2. The maximum atomic E-state index is 12.7. The van der Waals surface area contributed by atoms with Crippen molar-refractivity contribution < 1.29 is 9.52 Å². The standard InChI is InChI=1S/C22H19N3O5/c1-24-19(23)17(20(27)25(2)22(24)29)13-7-5-6-12(10-13)11-15-18(26)14-8-3-4-9-16(14)30-21(15)28/h3-10,26H,11,23H2,1-2H3. The molecule has 0 bridgehead atoms. The summed E-state index contributed by atoms with van der Waals surface area (Å²) in [5.41, 5.74) is 6.17. The zero-order valence-electron chi connectivity index (χ0n) is 16.4. The molecule has 0 fully saturated rings. The minimum absolute atomic E-state index is 0.0494. The molecule has 8 heteroatoms. The molecule has 152 valence electrons. The van der Waals surface area contributed by atoms with Crippen LogP contribution in [-0.4, -0.2) is 14.2 Å². The number of aromatic nitrogens is 2. The molecule has 2 aromatic heterocycles. The lowest BCUT2D eigenvalue weighted by molar-refractivity contribution is 0.458. The van der Waals surface area contributed by atoms with Gasteiger partial charge in [-0.25, -0.2) is 9.59 Å². The molecule has 0 aliphatic heterocycles. The Balaban J connectivity index is 1.84. The summed E-state index contributed by atoms with van der Waals surface area (Å²) in [5, 5.41) is 11.0. The minimum atomic E-state index is -0.630. The Morgan fingerprint density at radius 3 is 2.50 bits per heavy atom. The highest BCUT2D eigenvalue weighted by atomic mass is 16.4. The summed E-state index contributed by atoms with van der Waals surface area (Å²) < 4.78 is 7.51. The molecule has 30 heavy (non-hydrogen) atoms. The van der Waals surface area contributed by atoms with Gasteiger partial charge < -0.3 is 15.3 Å². The van der Waals surface area contributed by atoms with Gasteiger partial charge in [-0.2, -0.15) is 0 Å². The number of nitrogens with two attached hydrogens (primary N) is 1. The van der Waals surface area contributed by atoms with Gasteiger partial charge >= 0.3 is 11.3 Å². The van der Waals surface area contributed by atoms with E-state index in [2.05, 4.69) is 0 Å². The fourth-order valence-electron chi connectivity index (χ4n) is 3.50. The van der Waals surface area contributed by atoms with E-state index in [9.17, 15) is 19.5 Å². The van der Waals surface area contributed by atoms with Gasteiger partial charge in [-0.1, -0.05) is 36.4 Å². The number of hydrogen-bond donors (Lipinski definition) is 2. The van der Waals surface area contributed by atoms with Gasteiger partial charge in [-0.3, -0.25) is 13.9 Å². The molecule has 0 unspecified atom stereocenters. The van der Waals surface area contributed by atoms with Gasteiger partial charge in [0.2, 0.25) is 0 Å². The molecule has 4 aromatic rings. The van der Waals surface area contributed by atoms with Gasteiger partial charge in [-0.15, -0.1) is 0 Å². The van der Waals surface area contributed by atoms with Gasteiger partial charge in [0.25, 0.3) is 5.56 Å². The molecule has 0 aliphatic carbocycles. The monoisotopic (exact) mass is 405 g/mol. The lowest BCUT2D eigenvalue weighted by atomic mass is 9.99. The van der Waals surface area contributed by atoms with Crippen LogP contribution >= 0.6 is 0 Å². The highest BCUT2D eigenvalue weighted by Gasteiger charge is 2.17. The van der Waals surface area contributed by atoms with Crippen molar-refractivity contribution in [2.24, 2.45) is 14.1 Å². The molecule has 4 rings (SSSR count). The summed E-state index contributed by atoms with van der Waals surface area (Å²) in [7, 11) is 2.87. The predicted molar refractivity (Wildman–Crippen MR) is 114 cm³/mol. The SMILES string of the molecule is Cn1c(N)c(-c2cccc(Cc3c(O)c4ccccc4oc3=O)c2)c(=O)n(C)c1=O. The van der Waals surface area contributed by atoms with E-state index >= 15 is 0 Å². The topological polar surface area (TPSA) is 120 Å². The molecule has 2 aromatic carbocycles. The molecular formula is C22H19N3O5. The smallest absolute Gasteiger partial charge is 0.343 e. The average molecular weight is 405 g/mol. The van der Waals surface area contributed by atoms with Gasteiger partial charge in [0.15, 0.2) is 0 Å². The van der Waals surface area contributed by atoms with E-state index in [-0.39, 0.29) is 29.1 Å². The lowest BCUT2D eigenvalue weighted by Gasteiger charge is -2.13. The zero-order valence-corrected chi connectivity index (χ0v) is 16.4. The maximum Gasteiger partial charge on any atom is 0.343 e. The van der Waals surface area contributed by atoms with Crippen molar-refractivity contribution in [3.05, 3.63) is 90.9 Å². The van der Waals surface area contributed by atoms with Crippen LogP contribution in [0.1, 0.15) is 11.1 Å². The molecule has 0 atom stereocenters. The maximum absolute atomic E-state index is 12.7. The first-order valence-corrected chi connectivity index (χ1v) is 9.18. The van der Waals surface area contributed by atoms with Crippen LogP contribution in [0.2, 0.25) is 0 Å². The van der Waals surface area contributed by atoms with E-state index < -0.39 is 16.9 Å². The van der Waals surface area contributed by atoms with Crippen molar-refractivity contribution in [3.63, 3.8) is 0 Å². The van der Waals surface area contributed by atoms with E-state index in [1.165, 1.54) is 18.7 Å². The molecule has 0 aliphatic rings. The van der Waals surface area contributed by atoms with Crippen LogP contribution in [0.3, 0.4) is 0 Å². The summed E-state index contributed by atoms with van der Waals surface area (Å²) in [6.45, 7) is 0. The number of hydrogen-bond acceptors (Lipinski definition) is 6. The van der Waals surface area contributed by atoms with Gasteiger partial charge in [0.05, 0.1) is 16.5 Å². The van der Waals surface area contributed by atoms with E-state index in [0.717, 1.165) is 4.57 Å². The number of rotatable bonds is 3. The Bertz CT molecular complexity index is 1480. The second kappa shape index (κ2) is 7.07. The van der Waals surface area contributed by atoms with Crippen LogP contribution in [0.25, 0.3) is 22.1 Å². The van der Waals surface area contributed by atoms with Crippen molar-refractivity contribution >= 4 is 16.8 Å². The predicted octanol–water partition coefficient (Wildman–Crippen LogP) is 1.74. The third kappa shape index (κ3) is 2.98. The first-order valence-electron chi connectivity index (χ1n) is 9.18. The number of anilines is 1. The molecule has 8 nitrogen and oxygen atoms in total. The highest BCUT2D eigenvalue weighted by Crippen LogP contribution is 2.28. The largest absolute Gasteiger partial charge is 0.507 e. The van der Waals surface area contributed by atoms with Crippen molar-refractivity contribution in [1.29, 1.82) is 0 Å². The molecule has 3 N–H and O–H groups in total. The Labute approximate surface area is 170 Å². The fourth-order valence-corrected chi connectivity index (χ4v) is 3.50. The number of para-hydroxylation sites is 1. The molecule has 0 spiro atoms. The quantitative estimate of drug-likeness (QED) is 0.501. The normalized spacial score (nSPS) is 11.1. The van der Waals surface area contributed by atoms with Crippen molar-refractivity contribution in [1.82, 2.24) is 9.13 Å². The summed E-state index contributed by atoms with van der Waals surface area (Å²) >= 11 is 0. The van der Waals surface area contributed by atoms with Crippen molar-refractivity contribution in [2.75, 3.05) is 5.73 Å². The number of fused-ring (bicyclic) bond motifs is 1. The summed E-state index contributed by atoms with van der Waals surface area (Å²) in [6, 6.07) is 13.6. The Morgan fingerprint density at radius 2 is 1.73 bits per heavy atom. The van der Waals surface area contributed by atoms with E-state index in [4.69, 9.17) is 10.2 Å². The van der Waals surface area contributed by atoms with Crippen LogP contribution in [0, 0.1) is 0 Å². The van der Waals surface area contributed by atoms with Gasteiger partial charge in [0.1, 0.15) is 17.2 Å². The van der Waals surface area contributed by atoms with Crippen LogP contribution in [0.15, 0.2) is 67.3 Å². The summed E-state index contributed by atoms with van der Waals surface area (Å²) in [4.78, 5) is 37.1. The van der Waals surface area contributed by atoms with Crippen LogP contribution < -0.4 is 22.6 Å². The average Bonchev–Trinajstić information content (AvgIpc) is 2.74. The first-order chi connectivity index (χ1) is 14.3. The molecular weight excluding hydrogens is 386 g/mol. The first kappa shape index (κ1) is 19.3. The fraction of sp³-hybridized carbons (Fsp3) is 0.136. The lowest BCUT2D eigenvalue weighted by Crippen LogP contribution is -2.39. The molecule has 2 heterocycles. The van der Waals surface area contributed by atoms with Crippen molar-refractivity contribution in [2.45, 2.75) is 6.42 Å². The summed E-state index contributed by atoms with van der Waals surface area (Å²) in [5.74, 6) is -0.0851. The van der Waals surface area contributed by atoms with Crippen LogP contribution in [-0.2, 0) is 20.5 Å². The second-order valence-electron chi connectivity index (χ2n) is 7.06.